The molecule has 294 valence electrons. The standard InChI is InChI=1S/C41H73N2O7P/c1-6-8-10-12-14-16-18-19-21-22-24-26-28-31-38(44)32-30-34-41(46)42-39(37-50-51(47,48)49-36-35-43(3,4)5)40(45)33-29-27-25-23-20-17-15-13-11-9-7-2/h8,10,14,16,19,21,24,26,28-29,31,33,38-40,44-45H,6-7,9,11-13,15,17-18,20,22-23,25,27,30,32,34-37H2,1-5H3,(H-,42,46,47,48)/b10-8-,16-14-,21-19-,26-24-,31-28+,33-29+/t38?,39-,40+/m0/s1. The average molecular weight is 737 g/mol. The highest BCUT2D eigenvalue weighted by molar-refractivity contribution is 7.45. The van der Waals surface area contributed by atoms with Crippen molar-refractivity contribution in [2.45, 2.75) is 141 Å². The molecule has 10 heteroatoms. The Labute approximate surface area is 311 Å². The third-order valence-corrected chi connectivity index (χ3v) is 8.99. The van der Waals surface area contributed by atoms with Crippen molar-refractivity contribution < 1.29 is 38.0 Å². The molecule has 0 bridgehead atoms. The minimum Gasteiger partial charge on any atom is -0.756 e. The van der Waals surface area contributed by atoms with Crippen LogP contribution < -0.4 is 10.2 Å². The third-order valence-electron chi connectivity index (χ3n) is 8.03. The molecule has 0 heterocycles. The Morgan fingerprint density at radius 3 is 1.96 bits per heavy atom. The average Bonchev–Trinajstić information content (AvgIpc) is 3.06. The van der Waals surface area contributed by atoms with Crippen molar-refractivity contribution in [1.29, 1.82) is 0 Å². The van der Waals surface area contributed by atoms with Gasteiger partial charge in [-0.05, 0) is 51.4 Å². The normalized spacial score (nSPS) is 16.0. The fourth-order valence-corrected chi connectivity index (χ4v) is 5.61. The number of nitrogens with zero attached hydrogens (tertiary/aromatic N) is 1. The molecule has 0 radical (unpaired) electrons. The molecule has 4 atom stereocenters. The summed E-state index contributed by atoms with van der Waals surface area (Å²) in [7, 11) is 1.12. The molecule has 0 spiro atoms. The lowest BCUT2D eigenvalue weighted by Gasteiger charge is -2.29. The van der Waals surface area contributed by atoms with Gasteiger partial charge in [0, 0.05) is 6.42 Å². The van der Waals surface area contributed by atoms with E-state index in [2.05, 4.69) is 55.6 Å². The van der Waals surface area contributed by atoms with Crippen molar-refractivity contribution in [1.82, 2.24) is 5.32 Å². The molecule has 0 aliphatic rings. The summed E-state index contributed by atoms with van der Waals surface area (Å²) in [6, 6.07) is -0.982. The predicted molar refractivity (Wildman–Crippen MR) is 211 cm³/mol. The van der Waals surface area contributed by atoms with Gasteiger partial charge in [0.1, 0.15) is 13.2 Å². The zero-order valence-electron chi connectivity index (χ0n) is 32.6. The number of nitrogens with one attached hydrogen (secondary N) is 1. The largest absolute Gasteiger partial charge is 0.756 e. The summed E-state index contributed by atoms with van der Waals surface area (Å²) in [5.74, 6) is -0.364. The Morgan fingerprint density at radius 2 is 1.35 bits per heavy atom. The number of aliphatic hydroxyl groups is 2. The molecule has 1 amide bonds. The molecule has 9 nitrogen and oxygen atoms in total. The SMILES string of the molecule is CC/C=C\C/C=C\C/C=C\C/C=C\C=C\C(O)CCCC(=O)N[C@@H](COP(=O)([O-])OCC[N+](C)(C)C)[C@H](O)/C=C/CCCCCCCCCCC. The highest BCUT2D eigenvalue weighted by Crippen LogP contribution is 2.38. The number of aliphatic hydroxyl groups excluding tert-OH is 2. The van der Waals surface area contributed by atoms with Gasteiger partial charge in [-0.3, -0.25) is 9.36 Å². The van der Waals surface area contributed by atoms with Gasteiger partial charge < -0.3 is 34.0 Å². The topological polar surface area (TPSA) is 128 Å². The fourth-order valence-electron chi connectivity index (χ4n) is 4.88. The molecule has 0 aliphatic carbocycles. The summed E-state index contributed by atoms with van der Waals surface area (Å²) >= 11 is 0. The van der Waals surface area contributed by atoms with Crippen molar-refractivity contribution in [3.8, 4) is 0 Å². The molecule has 0 saturated carbocycles. The number of carbonyl (C=O) groups is 1. The molecule has 0 saturated heterocycles. The van der Waals surface area contributed by atoms with Gasteiger partial charge in [0.25, 0.3) is 7.82 Å². The lowest BCUT2D eigenvalue weighted by atomic mass is 10.1. The molecular weight excluding hydrogens is 663 g/mol. The molecule has 2 unspecified atom stereocenters. The molecule has 0 aromatic carbocycles. The predicted octanol–water partition coefficient (Wildman–Crippen LogP) is 8.41. The molecule has 0 aromatic heterocycles. The maximum absolute atomic E-state index is 12.8. The Balaban J connectivity index is 4.76. The molecule has 51 heavy (non-hydrogen) atoms. The van der Waals surface area contributed by atoms with E-state index in [1.165, 1.54) is 44.9 Å². The van der Waals surface area contributed by atoms with E-state index < -0.39 is 32.7 Å². The first kappa shape index (κ1) is 48.9. The van der Waals surface area contributed by atoms with Crippen LogP contribution in [0.25, 0.3) is 0 Å². The summed E-state index contributed by atoms with van der Waals surface area (Å²) in [5, 5.41) is 23.9. The van der Waals surface area contributed by atoms with Crippen LogP contribution in [0.3, 0.4) is 0 Å². The second kappa shape index (κ2) is 32.5. The molecular formula is C41H73N2O7P. The summed E-state index contributed by atoms with van der Waals surface area (Å²) in [5.41, 5.74) is 0. The van der Waals surface area contributed by atoms with Gasteiger partial charge >= 0.3 is 0 Å². The van der Waals surface area contributed by atoms with Crippen LogP contribution in [-0.2, 0) is 18.4 Å². The van der Waals surface area contributed by atoms with Gasteiger partial charge in [0.05, 0.1) is 46.0 Å². The van der Waals surface area contributed by atoms with E-state index >= 15 is 0 Å². The number of likely N-dealkylation sites (N-methyl/N-ethyl adjacent to an activating group) is 1. The van der Waals surface area contributed by atoms with Crippen LogP contribution in [0.5, 0.6) is 0 Å². The Morgan fingerprint density at radius 1 is 0.765 bits per heavy atom. The van der Waals surface area contributed by atoms with Crippen molar-refractivity contribution in [3.05, 3.63) is 72.9 Å². The minimum atomic E-state index is -4.64. The van der Waals surface area contributed by atoms with Gasteiger partial charge in [-0.2, -0.15) is 0 Å². The van der Waals surface area contributed by atoms with Crippen LogP contribution >= 0.6 is 7.82 Å². The Hall–Kier alpha value is -2.10. The summed E-state index contributed by atoms with van der Waals surface area (Å²) < 4.78 is 23.0. The number of allylic oxidation sites excluding steroid dienone is 10. The van der Waals surface area contributed by atoms with E-state index in [9.17, 15) is 24.5 Å². The number of phosphoric acid groups is 1. The molecule has 0 aromatic rings. The van der Waals surface area contributed by atoms with Gasteiger partial charge in [0.15, 0.2) is 0 Å². The van der Waals surface area contributed by atoms with E-state index in [1.807, 2.05) is 39.4 Å². The zero-order valence-corrected chi connectivity index (χ0v) is 33.5. The van der Waals surface area contributed by atoms with Crippen LogP contribution in [-0.4, -0.2) is 79.8 Å². The fraction of sp³-hybridized carbons (Fsp3) is 0.683. The molecule has 0 fully saturated rings. The third kappa shape index (κ3) is 34.7. The van der Waals surface area contributed by atoms with Crippen LogP contribution in [0.4, 0.5) is 0 Å². The maximum Gasteiger partial charge on any atom is 0.268 e. The number of hydrogen-bond acceptors (Lipinski definition) is 7. The first-order chi connectivity index (χ1) is 24.4. The van der Waals surface area contributed by atoms with Crippen LogP contribution in [0.1, 0.15) is 123 Å². The Kier molecular flexibility index (Phi) is 31.2. The minimum absolute atomic E-state index is 0.0401. The van der Waals surface area contributed by atoms with Crippen molar-refractivity contribution in [2.75, 3.05) is 40.9 Å². The number of phosphoric ester groups is 1. The van der Waals surface area contributed by atoms with Crippen molar-refractivity contribution in [3.63, 3.8) is 0 Å². The summed E-state index contributed by atoms with van der Waals surface area (Å²) in [6.45, 7) is 4.31. The van der Waals surface area contributed by atoms with Crippen LogP contribution in [0.15, 0.2) is 72.9 Å². The first-order valence-electron chi connectivity index (χ1n) is 19.4. The van der Waals surface area contributed by atoms with E-state index in [0.29, 0.717) is 23.9 Å². The monoisotopic (exact) mass is 737 g/mol. The highest BCUT2D eigenvalue weighted by Gasteiger charge is 2.23. The Bertz CT molecular complexity index is 1080. The lowest BCUT2D eigenvalue weighted by Crippen LogP contribution is -2.45. The number of carbonyl (C=O) groups excluding carboxylic acids is 1. The van der Waals surface area contributed by atoms with Gasteiger partial charge in [-0.1, -0.05) is 138 Å². The molecule has 0 rings (SSSR count). The number of quaternary nitrogens is 1. The van der Waals surface area contributed by atoms with Crippen molar-refractivity contribution >= 4 is 13.7 Å². The van der Waals surface area contributed by atoms with E-state index in [1.54, 1.807) is 18.2 Å². The number of unbranched alkanes of at least 4 members (excludes halogenated alkanes) is 9. The second-order valence-corrected chi connectivity index (χ2v) is 15.5. The number of rotatable bonds is 33. The second-order valence-electron chi connectivity index (χ2n) is 14.1. The molecule has 0 aliphatic heterocycles. The van der Waals surface area contributed by atoms with Gasteiger partial charge in [0.2, 0.25) is 5.91 Å². The van der Waals surface area contributed by atoms with Crippen LogP contribution in [0.2, 0.25) is 0 Å². The molecule has 3 N–H and O–H groups in total. The summed E-state index contributed by atoms with van der Waals surface area (Å²) in [6.07, 6.45) is 38.3. The number of amides is 1. The van der Waals surface area contributed by atoms with E-state index in [0.717, 1.165) is 44.9 Å². The van der Waals surface area contributed by atoms with Crippen LogP contribution in [0, 0.1) is 0 Å². The van der Waals surface area contributed by atoms with Crippen molar-refractivity contribution in [2.24, 2.45) is 0 Å². The maximum atomic E-state index is 12.8. The lowest BCUT2D eigenvalue weighted by molar-refractivity contribution is -0.870. The number of hydrogen-bond donors (Lipinski definition) is 3. The van der Waals surface area contributed by atoms with Gasteiger partial charge in [-0.15, -0.1) is 0 Å². The van der Waals surface area contributed by atoms with E-state index in [-0.39, 0.29) is 18.9 Å². The van der Waals surface area contributed by atoms with E-state index in [4.69, 9.17) is 9.05 Å². The van der Waals surface area contributed by atoms with Gasteiger partial charge in [-0.25, -0.2) is 0 Å². The highest BCUT2D eigenvalue weighted by atomic mass is 31.2. The summed E-state index contributed by atoms with van der Waals surface area (Å²) in [4.78, 5) is 25.2. The smallest absolute Gasteiger partial charge is 0.268 e. The first-order valence-corrected chi connectivity index (χ1v) is 20.9. The quantitative estimate of drug-likeness (QED) is 0.0203. The zero-order chi connectivity index (χ0) is 38.1.